The SMILES string of the molecule is CC(=O)c1cc(C=CCCN=[N+]=[N-])c(F)cc1F. The first-order valence-electron chi connectivity index (χ1n) is 5.23. The Bertz CT molecular complexity index is 534. The van der Waals surface area contributed by atoms with Crippen LogP contribution in [0.1, 0.15) is 29.3 Å². The number of carbonyl (C=O) groups excluding carboxylic acids is 1. The van der Waals surface area contributed by atoms with Crippen LogP contribution in [0.25, 0.3) is 16.5 Å². The Labute approximate surface area is 103 Å². The van der Waals surface area contributed by atoms with Crippen LogP contribution in [-0.4, -0.2) is 12.3 Å². The summed E-state index contributed by atoms with van der Waals surface area (Å²) in [6.07, 6.45) is 3.46. The predicted octanol–water partition coefficient (Wildman–Crippen LogP) is 3.88. The zero-order valence-corrected chi connectivity index (χ0v) is 9.73. The summed E-state index contributed by atoms with van der Waals surface area (Å²) in [6, 6.07) is 1.85. The van der Waals surface area contributed by atoms with Gasteiger partial charge in [-0.15, -0.1) is 0 Å². The number of carbonyl (C=O) groups is 1. The number of hydrogen-bond acceptors (Lipinski definition) is 2. The van der Waals surface area contributed by atoms with E-state index in [2.05, 4.69) is 10.0 Å². The van der Waals surface area contributed by atoms with E-state index in [9.17, 15) is 13.6 Å². The lowest BCUT2D eigenvalue weighted by Crippen LogP contribution is -1.99. The van der Waals surface area contributed by atoms with Gasteiger partial charge >= 0.3 is 0 Å². The van der Waals surface area contributed by atoms with Crippen LogP contribution in [0.3, 0.4) is 0 Å². The maximum Gasteiger partial charge on any atom is 0.162 e. The topological polar surface area (TPSA) is 65.8 Å². The van der Waals surface area contributed by atoms with E-state index in [1.54, 1.807) is 6.08 Å². The minimum atomic E-state index is -0.869. The number of halogens is 2. The molecule has 0 bridgehead atoms. The highest BCUT2D eigenvalue weighted by Gasteiger charge is 2.11. The second-order valence-electron chi connectivity index (χ2n) is 3.56. The highest BCUT2D eigenvalue weighted by molar-refractivity contribution is 5.94. The van der Waals surface area contributed by atoms with Crippen molar-refractivity contribution in [3.05, 3.63) is 51.4 Å². The maximum atomic E-state index is 13.4. The summed E-state index contributed by atoms with van der Waals surface area (Å²) in [5, 5.41) is 3.31. The number of ketones is 1. The van der Waals surface area contributed by atoms with Crippen molar-refractivity contribution >= 4 is 11.9 Å². The summed E-state index contributed by atoms with van der Waals surface area (Å²) in [4.78, 5) is 13.7. The first-order chi connectivity index (χ1) is 8.56. The van der Waals surface area contributed by atoms with E-state index in [4.69, 9.17) is 5.53 Å². The molecule has 0 aliphatic rings. The van der Waals surface area contributed by atoms with Crippen LogP contribution >= 0.6 is 0 Å². The van der Waals surface area contributed by atoms with Gasteiger partial charge < -0.3 is 0 Å². The molecule has 0 atom stereocenters. The summed E-state index contributed by atoms with van der Waals surface area (Å²) in [5.74, 6) is -2.07. The first kappa shape index (κ1) is 13.9. The normalized spacial score (nSPS) is 10.4. The van der Waals surface area contributed by atoms with Crippen LogP contribution in [0.4, 0.5) is 8.78 Å². The molecule has 1 aromatic rings. The summed E-state index contributed by atoms with van der Waals surface area (Å²) in [7, 11) is 0. The lowest BCUT2D eigenvalue weighted by molar-refractivity contribution is 0.101. The van der Waals surface area contributed by atoms with Crippen molar-refractivity contribution in [3.8, 4) is 0 Å². The fourth-order valence-corrected chi connectivity index (χ4v) is 1.35. The smallest absolute Gasteiger partial charge is 0.162 e. The van der Waals surface area contributed by atoms with Gasteiger partial charge in [-0.1, -0.05) is 17.3 Å². The minimum Gasteiger partial charge on any atom is -0.294 e. The van der Waals surface area contributed by atoms with Crippen molar-refractivity contribution in [1.82, 2.24) is 0 Å². The molecule has 0 heterocycles. The summed E-state index contributed by atoms with van der Waals surface area (Å²) >= 11 is 0. The highest BCUT2D eigenvalue weighted by Crippen LogP contribution is 2.17. The van der Waals surface area contributed by atoms with Crippen molar-refractivity contribution in [3.63, 3.8) is 0 Å². The van der Waals surface area contributed by atoms with Gasteiger partial charge in [0.05, 0.1) is 5.56 Å². The highest BCUT2D eigenvalue weighted by atomic mass is 19.1. The van der Waals surface area contributed by atoms with Crippen molar-refractivity contribution in [1.29, 1.82) is 0 Å². The van der Waals surface area contributed by atoms with Crippen molar-refractivity contribution in [2.75, 3.05) is 6.54 Å². The molecule has 1 aromatic carbocycles. The van der Waals surface area contributed by atoms with Crippen molar-refractivity contribution < 1.29 is 13.6 Å². The van der Waals surface area contributed by atoms with Gasteiger partial charge in [-0.25, -0.2) is 8.78 Å². The maximum absolute atomic E-state index is 13.4. The van der Waals surface area contributed by atoms with Crippen LogP contribution < -0.4 is 0 Å². The molecule has 0 spiro atoms. The van der Waals surface area contributed by atoms with Gasteiger partial charge in [0.1, 0.15) is 11.6 Å². The largest absolute Gasteiger partial charge is 0.294 e. The van der Waals surface area contributed by atoms with Crippen LogP contribution in [0.2, 0.25) is 0 Å². The molecule has 0 amide bonds. The third-order valence-corrected chi connectivity index (χ3v) is 2.22. The molecular weight excluding hydrogens is 240 g/mol. The van der Waals surface area contributed by atoms with Gasteiger partial charge in [0.2, 0.25) is 0 Å². The van der Waals surface area contributed by atoms with Gasteiger partial charge in [0.15, 0.2) is 5.78 Å². The first-order valence-corrected chi connectivity index (χ1v) is 5.23. The van der Waals surface area contributed by atoms with E-state index in [-0.39, 0.29) is 17.7 Å². The molecule has 94 valence electrons. The molecule has 0 saturated heterocycles. The molecule has 0 radical (unpaired) electrons. The predicted molar refractivity (Wildman–Crippen MR) is 64.0 cm³/mol. The lowest BCUT2D eigenvalue weighted by atomic mass is 10.1. The molecule has 0 unspecified atom stereocenters. The summed E-state index contributed by atoms with van der Waals surface area (Å²) in [6.45, 7) is 1.47. The van der Waals surface area contributed by atoms with Crippen LogP contribution in [0.15, 0.2) is 23.3 Å². The Morgan fingerprint density at radius 3 is 2.78 bits per heavy atom. The molecular formula is C12H11F2N3O. The molecule has 6 heteroatoms. The Morgan fingerprint density at radius 1 is 1.44 bits per heavy atom. The van der Waals surface area contributed by atoms with Crippen molar-refractivity contribution in [2.45, 2.75) is 13.3 Å². The molecule has 0 saturated carbocycles. The second kappa shape index (κ2) is 6.51. The van der Waals surface area contributed by atoms with Gasteiger partial charge in [-0.05, 0) is 24.9 Å². The van der Waals surface area contributed by atoms with Gasteiger partial charge in [0, 0.05) is 23.1 Å². The third-order valence-electron chi connectivity index (χ3n) is 2.22. The Morgan fingerprint density at radius 2 is 2.17 bits per heavy atom. The number of azide groups is 1. The monoisotopic (exact) mass is 251 g/mol. The molecule has 0 aliphatic carbocycles. The van der Waals surface area contributed by atoms with Crippen molar-refractivity contribution in [2.24, 2.45) is 5.11 Å². The van der Waals surface area contributed by atoms with E-state index >= 15 is 0 Å². The lowest BCUT2D eigenvalue weighted by Gasteiger charge is -2.02. The zero-order chi connectivity index (χ0) is 13.5. The number of nitrogens with zero attached hydrogens (tertiary/aromatic N) is 3. The Kier molecular flexibility index (Phi) is 5.02. The molecule has 1 rings (SSSR count). The van der Waals surface area contributed by atoms with Gasteiger partial charge in [0.25, 0.3) is 0 Å². The number of hydrogen-bond donors (Lipinski definition) is 0. The summed E-state index contributed by atoms with van der Waals surface area (Å²) < 4.78 is 26.6. The summed E-state index contributed by atoms with van der Waals surface area (Å²) in [5.41, 5.74) is 8.03. The zero-order valence-electron chi connectivity index (χ0n) is 9.73. The van der Waals surface area contributed by atoms with E-state index in [0.717, 1.165) is 6.07 Å². The molecule has 0 fully saturated rings. The van der Waals surface area contributed by atoms with E-state index in [1.165, 1.54) is 13.0 Å². The Hall–Kier alpha value is -2.20. The molecule has 0 aliphatic heterocycles. The molecule has 0 aromatic heterocycles. The number of benzene rings is 1. The van der Waals surface area contributed by atoms with Gasteiger partial charge in [-0.2, -0.15) is 0 Å². The van der Waals surface area contributed by atoms with Crippen LogP contribution in [0.5, 0.6) is 0 Å². The molecule has 4 nitrogen and oxygen atoms in total. The standard InChI is InChI=1S/C12H11F2N3O/c1-8(18)10-6-9(11(13)7-12(10)14)4-2-3-5-16-17-15/h2,4,6-7H,3,5H2,1H3. The van der Waals surface area contributed by atoms with Crippen LogP contribution in [0, 0.1) is 11.6 Å². The minimum absolute atomic E-state index is 0.127. The fourth-order valence-electron chi connectivity index (χ4n) is 1.35. The molecule has 18 heavy (non-hydrogen) atoms. The Balaban J connectivity index is 2.91. The van der Waals surface area contributed by atoms with E-state index in [1.807, 2.05) is 0 Å². The number of Topliss-reactive ketones (excluding diaryl/α,β-unsaturated/α-hetero) is 1. The van der Waals surface area contributed by atoms with Gasteiger partial charge in [-0.3, -0.25) is 4.79 Å². The molecule has 0 N–H and O–H groups in total. The van der Waals surface area contributed by atoms with E-state index < -0.39 is 17.4 Å². The second-order valence-corrected chi connectivity index (χ2v) is 3.56. The fraction of sp³-hybridized carbons (Fsp3) is 0.250. The van der Waals surface area contributed by atoms with E-state index in [0.29, 0.717) is 12.5 Å². The average Bonchev–Trinajstić information content (AvgIpc) is 2.30. The number of rotatable bonds is 5. The average molecular weight is 251 g/mol. The van der Waals surface area contributed by atoms with Crippen LogP contribution in [-0.2, 0) is 0 Å². The quantitative estimate of drug-likeness (QED) is 0.257. The third kappa shape index (κ3) is 3.68.